The molecule has 248 valence electrons. The smallest absolute Gasteiger partial charge is 0.335 e. The average molecular weight is 624 g/mol. The number of anilines is 1. The summed E-state index contributed by atoms with van der Waals surface area (Å²) in [4.78, 5) is 24.1. The lowest BCUT2D eigenvalue weighted by Gasteiger charge is -2.68. The molecule has 13 atom stereocenters. The minimum absolute atomic E-state index is 0. The predicted octanol–water partition coefficient (Wildman–Crippen LogP) is -2.51. The molecule has 5 bridgehead atoms. The Morgan fingerprint density at radius 3 is 2.27 bits per heavy atom. The fraction of sp³-hybridized carbons (Fsp3) is 0.742. The van der Waals surface area contributed by atoms with Crippen LogP contribution in [0.2, 0.25) is 0 Å². The van der Waals surface area contributed by atoms with E-state index in [1.54, 1.807) is 0 Å². The molecule has 1 aromatic rings. The molecule has 6 aliphatic rings. The van der Waals surface area contributed by atoms with Gasteiger partial charge in [0.2, 0.25) is 0 Å². The second-order valence-electron chi connectivity index (χ2n) is 13.2. The van der Waals surface area contributed by atoms with E-state index in [2.05, 4.69) is 61.9 Å². The summed E-state index contributed by atoms with van der Waals surface area (Å²) in [6, 6.07) is 9.31. The molecule has 1 spiro atoms. The van der Waals surface area contributed by atoms with E-state index in [1.165, 1.54) is 11.3 Å². The first-order valence-electron chi connectivity index (χ1n) is 15.6. The topological polar surface area (TPSA) is 217 Å². The van der Waals surface area contributed by atoms with E-state index in [9.17, 15) is 30.0 Å². The van der Waals surface area contributed by atoms with Gasteiger partial charge in [-0.3, -0.25) is 4.48 Å². The van der Waals surface area contributed by atoms with Crippen LogP contribution in [0.1, 0.15) is 45.6 Å². The first kappa shape index (κ1) is 34.5. The highest BCUT2D eigenvalue weighted by Gasteiger charge is 2.83. The summed E-state index contributed by atoms with van der Waals surface area (Å²) in [5.41, 5.74) is 2.32. The summed E-state index contributed by atoms with van der Waals surface area (Å²) < 4.78 is 0.601. The first-order valence-corrected chi connectivity index (χ1v) is 15.6. The number of quaternary nitrogens is 1. The second kappa shape index (κ2) is 12.4. The van der Waals surface area contributed by atoms with E-state index in [4.69, 9.17) is 15.3 Å². The van der Waals surface area contributed by atoms with Crippen LogP contribution in [-0.4, -0.2) is 139 Å². The number of aliphatic carboxylic acids is 2. The Labute approximate surface area is 257 Å². The van der Waals surface area contributed by atoms with Gasteiger partial charge in [-0.2, -0.15) is 0 Å². The van der Waals surface area contributed by atoms with Crippen LogP contribution >= 0.6 is 0 Å². The van der Waals surface area contributed by atoms with Gasteiger partial charge in [0, 0.05) is 44.0 Å². The number of nitrogens with zero attached hydrogens (tertiary/aromatic N) is 3. The molecule has 5 heterocycles. The summed E-state index contributed by atoms with van der Waals surface area (Å²) in [6.45, 7) is 9.58. The van der Waals surface area contributed by atoms with Crippen molar-refractivity contribution in [3.8, 4) is 0 Å². The summed E-state index contributed by atoms with van der Waals surface area (Å²) in [6.07, 6.45) is -3.11. The lowest BCUT2D eigenvalue weighted by Crippen LogP contribution is -2.84. The largest absolute Gasteiger partial charge is 0.547 e. The molecule has 44 heavy (non-hydrogen) atoms. The van der Waals surface area contributed by atoms with Crippen LogP contribution in [0.15, 0.2) is 24.3 Å². The monoisotopic (exact) mass is 623 g/mol. The molecule has 13 heteroatoms. The lowest BCUT2D eigenvalue weighted by atomic mass is 9.60. The molecule has 5 aliphatic heterocycles. The zero-order chi connectivity index (χ0) is 31.6. The predicted molar refractivity (Wildman–Crippen MR) is 157 cm³/mol. The third kappa shape index (κ3) is 4.66. The Morgan fingerprint density at radius 2 is 1.73 bits per heavy atom. The van der Waals surface area contributed by atoms with Gasteiger partial charge in [-0.05, 0) is 37.1 Å². The molecule has 0 radical (unpaired) electrons. The maximum Gasteiger partial charge on any atom is 0.335 e. The van der Waals surface area contributed by atoms with E-state index < -0.39 is 36.5 Å². The van der Waals surface area contributed by atoms with Crippen LogP contribution in [0.5, 0.6) is 0 Å². The minimum atomic E-state index is -2.38. The number of carbonyl (C=O) groups excluding carboxylic acids is 1. The second-order valence-corrected chi connectivity index (χ2v) is 13.2. The van der Waals surface area contributed by atoms with Gasteiger partial charge in [0.05, 0.1) is 29.6 Å². The summed E-state index contributed by atoms with van der Waals surface area (Å²) in [7, 11) is 2.19. The van der Waals surface area contributed by atoms with Crippen molar-refractivity contribution in [3.05, 3.63) is 29.8 Å². The van der Waals surface area contributed by atoms with Gasteiger partial charge in [-0.25, -0.2) is 4.79 Å². The molecule has 13 nitrogen and oxygen atoms in total. The van der Waals surface area contributed by atoms with E-state index in [1.807, 2.05) is 0 Å². The van der Waals surface area contributed by atoms with Gasteiger partial charge < -0.3 is 55.8 Å². The van der Waals surface area contributed by atoms with Crippen LogP contribution in [0, 0.1) is 17.8 Å². The van der Waals surface area contributed by atoms with Crippen molar-refractivity contribution in [3.63, 3.8) is 0 Å². The number of likely N-dealkylation sites (N-methyl/N-ethyl adjacent to an activating group) is 2. The molecule has 7 rings (SSSR count). The molecule has 5 fully saturated rings. The van der Waals surface area contributed by atoms with Gasteiger partial charge in [-0.1, -0.05) is 39.0 Å². The zero-order valence-electron chi connectivity index (χ0n) is 25.9. The molecular weight excluding hydrogens is 574 g/mol. The number of carboxylic acids is 2. The number of carboxylic acid groups (broad SMARTS) is 2. The van der Waals surface area contributed by atoms with Crippen molar-refractivity contribution in [1.29, 1.82) is 0 Å². The van der Waals surface area contributed by atoms with Crippen molar-refractivity contribution < 1.29 is 55.3 Å². The number of aliphatic hydroxyl groups excluding tert-OH is 5. The van der Waals surface area contributed by atoms with Crippen molar-refractivity contribution in [2.75, 3.05) is 38.1 Å². The van der Waals surface area contributed by atoms with E-state index >= 15 is 0 Å². The number of piperidine rings is 4. The Bertz CT molecular complexity index is 1200. The van der Waals surface area contributed by atoms with Crippen molar-refractivity contribution in [1.82, 2.24) is 4.90 Å². The van der Waals surface area contributed by atoms with E-state index in [0.29, 0.717) is 23.5 Å². The average Bonchev–Trinajstić information content (AvgIpc) is 3.37. The lowest BCUT2D eigenvalue weighted by molar-refractivity contribution is -1.04. The molecule has 1 aliphatic carbocycles. The quantitative estimate of drug-likeness (QED) is 0.150. The highest BCUT2D eigenvalue weighted by molar-refractivity contribution is 5.82. The Balaban J connectivity index is 0.000000350. The Kier molecular flexibility index (Phi) is 9.76. The van der Waals surface area contributed by atoms with Crippen molar-refractivity contribution in [2.45, 2.75) is 94.2 Å². The number of para-hydroxylation sites is 1. The van der Waals surface area contributed by atoms with Gasteiger partial charge in [0.1, 0.15) is 24.8 Å². The number of fused-ring (bicyclic) bond motifs is 2. The van der Waals surface area contributed by atoms with Gasteiger partial charge in [0.25, 0.3) is 0 Å². The summed E-state index contributed by atoms with van der Waals surface area (Å²) >= 11 is 0. The summed E-state index contributed by atoms with van der Waals surface area (Å²) in [5.74, 6) is -3.04. The van der Waals surface area contributed by atoms with E-state index in [0.717, 1.165) is 32.4 Å². The number of benzene rings is 1. The standard InChI is InChI=1S/C27H42N3O3.C4H6O6.H2O/c1-5-17-18-12-21-24-27(19-10-8-9-11-20(19)28(24)4)13-22(23(18)25(27)32)30(21,26(17)33)15-16(31)14-29(6-2)7-3;5-1(3(7)8)2(6)4(9)10;/h8-11,16-18,21-26,31-33H,5-7,12-15H2,1-4H3;1-2,5-6H,(H,7,8)(H,9,10);1H2/q+1;;/p-1. The molecule has 8 N–H and O–H groups in total. The molecule has 4 saturated heterocycles. The van der Waals surface area contributed by atoms with Crippen LogP contribution < -0.4 is 10.0 Å². The van der Waals surface area contributed by atoms with Gasteiger partial charge in [-0.15, -0.1) is 0 Å². The third-order valence-corrected chi connectivity index (χ3v) is 11.8. The van der Waals surface area contributed by atoms with E-state index in [-0.39, 0.29) is 47.0 Å². The fourth-order valence-electron chi connectivity index (χ4n) is 10.2. The molecule has 1 aromatic carbocycles. The Morgan fingerprint density at radius 1 is 1.09 bits per heavy atom. The first-order chi connectivity index (χ1) is 20.3. The maximum atomic E-state index is 12.1. The minimum Gasteiger partial charge on any atom is -0.547 e. The third-order valence-electron chi connectivity index (χ3n) is 11.8. The Hall–Kier alpha value is -2.36. The fourth-order valence-corrected chi connectivity index (χ4v) is 10.2. The van der Waals surface area contributed by atoms with Crippen LogP contribution in [-0.2, 0) is 15.0 Å². The van der Waals surface area contributed by atoms with Crippen LogP contribution in [0.3, 0.4) is 0 Å². The number of rotatable bonds is 10. The SMILES string of the molecule is CCC1C2CC3C4N(C)c5ccccc5C45CC(C2C5O)[N+]3(CC(O)CN(CC)CC)C1O.O.O=C([O-])C(O)C(O)C(=O)O. The maximum absolute atomic E-state index is 12.1. The summed E-state index contributed by atoms with van der Waals surface area (Å²) in [5, 5.41) is 69.6. The zero-order valence-corrected chi connectivity index (χ0v) is 25.9. The number of hydrogen-bond acceptors (Lipinski definition) is 10. The molecule has 1 saturated carbocycles. The van der Waals surface area contributed by atoms with Crippen LogP contribution in [0.25, 0.3) is 0 Å². The van der Waals surface area contributed by atoms with Crippen molar-refractivity contribution >= 4 is 17.6 Å². The molecular formula is C31H49N3O10. The highest BCUT2D eigenvalue weighted by Crippen LogP contribution is 2.71. The van der Waals surface area contributed by atoms with Crippen molar-refractivity contribution in [2.24, 2.45) is 17.8 Å². The van der Waals surface area contributed by atoms with Gasteiger partial charge >= 0.3 is 5.97 Å². The number of carbonyl (C=O) groups is 2. The van der Waals surface area contributed by atoms with Gasteiger partial charge in [0.15, 0.2) is 12.3 Å². The van der Waals surface area contributed by atoms with Crippen LogP contribution in [0.4, 0.5) is 5.69 Å². The number of aliphatic hydroxyl groups is 5. The molecule has 0 amide bonds. The normalized spacial score (nSPS) is 39.1. The molecule has 13 unspecified atom stereocenters. The highest BCUT2D eigenvalue weighted by atomic mass is 16.4. The number of hydrogen-bond donors (Lipinski definition) is 6. The molecule has 0 aromatic heterocycles.